The van der Waals surface area contributed by atoms with Gasteiger partial charge in [-0.2, -0.15) is 0 Å². The Morgan fingerprint density at radius 2 is 1.83 bits per heavy atom. The van der Waals surface area contributed by atoms with Crippen molar-refractivity contribution in [1.82, 2.24) is 5.32 Å². The third-order valence-electron chi connectivity index (χ3n) is 4.37. The Labute approximate surface area is 175 Å². The quantitative estimate of drug-likeness (QED) is 0.367. The van der Waals surface area contributed by atoms with Crippen LogP contribution in [0.1, 0.15) is 16.7 Å². The van der Waals surface area contributed by atoms with Gasteiger partial charge in [0.2, 0.25) is 15.9 Å². The molecule has 0 spiro atoms. The first-order valence-electron chi connectivity index (χ1n) is 9.18. The van der Waals surface area contributed by atoms with Crippen LogP contribution >= 0.6 is 0 Å². The van der Waals surface area contributed by atoms with Crippen molar-refractivity contribution in [2.75, 3.05) is 30.3 Å². The molecule has 0 unspecified atom stereocenters. The number of nitro groups is 1. The molecule has 162 valence electrons. The van der Waals surface area contributed by atoms with Gasteiger partial charge in [-0.1, -0.05) is 23.8 Å². The maximum Gasteiger partial charge on any atom is 0.271 e. The third kappa shape index (κ3) is 6.18. The number of carbonyl (C=O) groups excluding carboxylic acids is 1. The van der Waals surface area contributed by atoms with Gasteiger partial charge in [-0.05, 0) is 38.0 Å². The highest BCUT2D eigenvalue weighted by Crippen LogP contribution is 2.27. The molecule has 1 N–H and O–H groups in total. The fraction of sp³-hybridized carbons (Fsp3) is 0.350. The number of nitrogens with zero attached hydrogens (tertiary/aromatic N) is 2. The number of rotatable bonds is 9. The molecule has 0 saturated carbocycles. The maximum atomic E-state index is 12.3. The average Bonchev–Trinajstić information content (AvgIpc) is 2.64. The molecular formula is C20H25N3O6S. The fourth-order valence-corrected chi connectivity index (χ4v) is 3.77. The molecule has 2 aromatic carbocycles. The summed E-state index contributed by atoms with van der Waals surface area (Å²) in [6, 6.07) is 9.63. The van der Waals surface area contributed by atoms with Crippen LogP contribution in [0.25, 0.3) is 0 Å². The Balaban J connectivity index is 2.03. The average molecular weight is 436 g/mol. The summed E-state index contributed by atoms with van der Waals surface area (Å²) >= 11 is 0. The first kappa shape index (κ1) is 23.1. The minimum atomic E-state index is -3.84. The summed E-state index contributed by atoms with van der Waals surface area (Å²) < 4.78 is 31.0. The number of hydrogen-bond acceptors (Lipinski definition) is 6. The number of aryl methyl sites for hydroxylation is 3. The van der Waals surface area contributed by atoms with Crippen molar-refractivity contribution in [3.8, 4) is 5.75 Å². The number of carbonyl (C=O) groups is 1. The summed E-state index contributed by atoms with van der Waals surface area (Å²) in [5.74, 6) is 0.162. The van der Waals surface area contributed by atoms with E-state index in [1.807, 2.05) is 32.0 Å². The normalized spacial score (nSPS) is 11.1. The molecule has 2 aromatic rings. The molecule has 0 atom stereocenters. The molecular weight excluding hydrogens is 410 g/mol. The van der Waals surface area contributed by atoms with Gasteiger partial charge in [-0.15, -0.1) is 0 Å². The lowest BCUT2D eigenvalue weighted by Crippen LogP contribution is -2.41. The summed E-state index contributed by atoms with van der Waals surface area (Å²) in [5, 5.41) is 13.6. The van der Waals surface area contributed by atoms with Crippen molar-refractivity contribution >= 4 is 27.3 Å². The molecule has 0 aromatic heterocycles. The first-order valence-corrected chi connectivity index (χ1v) is 11.0. The van der Waals surface area contributed by atoms with Gasteiger partial charge in [0.05, 0.1) is 23.4 Å². The van der Waals surface area contributed by atoms with E-state index in [2.05, 4.69) is 5.32 Å². The number of nitro benzene ring substituents is 1. The molecule has 0 heterocycles. The maximum absolute atomic E-state index is 12.3. The first-order chi connectivity index (χ1) is 14.0. The lowest BCUT2D eigenvalue weighted by molar-refractivity contribution is -0.384. The highest BCUT2D eigenvalue weighted by Gasteiger charge is 2.24. The van der Waals surface area contributed by atoms with Crippen LogP contribution in [0.4, 0.5) is 11.4 Å². The number of sulfonamides is 1. The molecule has 0 saturated heterocycles. The number of nitrogens with one attached hydrogen (secondary N) is 1. The van der Waals surface area contributed by atoms with Gasteiger partial charge in [0, 0.05) is 12.1 Å². The second-order valence-electron chi connectivity index (χ2n) is 6.96. The van der Waals surface area contributed by atoms with E-state index in [4.69, 9.17) is 4.74 Å². The predicted molar refractivity (Wildman–Crippen MR) is 114 cm³/mol. The molecule has 1 amide bonds. The van der Waals surface area contributed by atoms with Crippen molar-refractivity contribution in [3.63, 3.8) is 0 Å². The molecule has 2 rings (SSSR count). The van der Waals surface area contributed by atoms with Crippen LogP contribution in [0.3, 0.4) is 0 Å². The Morgan fingerprint density at radius 1 is 1.13 bits per heavy atom. The smallest absolute Gasteiger partial charge is 0.271 e. The van der Waals surface area contributed by atoms with Crippen LogP contribution in [0.2, 0.25) is 0 Å². The number of benzene rings is 2. The van der Waals surface area contributed by atoms with Gasteiger partial charge in [0.25, 0.3) is 5.69 Å². The second kappa shape index (κ2) is 9.57. The van der Waals surface area contributed by atoms with E-state index >= 15 is 0 Å². The fourth-order valence-electron chi connectivity index (χ4n) is 2.86. The van der Waals surface area contributed by atoms with Crippen molar-refractivity contribution in [2.45, 2.75) is 20.8 Å². The van der Waals surface area contributed by atoms with Gasteiger partial charge in [0.1, 0.15) is 18.9 Å². The van der Waals surface area contributed by atoms with Gasteiger partial charge in [-0.25, -0.2) is 8.42 Å². The van der Waals surface area contributed by atoms with Crippen molar-refractivity contribution in [1.29, 1.82) is 0 Å². The molecule has 9 nitrogen and oxygen atoms in total. The molecule has 10 heteroatoms. The van der Waals surface area contributed by atoms with Crippen LogP contribution in [0.5, 0.6) is 5.75 Å². The number of amides is 1. The van der Waals surface area contributed by atoms with Gasteiger partial charge >= 0.3 is 0 Å². The Morgan fingerprint density at radius 3 is 2.43 bits per heavy atom. The van der Waals surface area contributed by atoms with E-state index in [0.717, 1.165) is 27.8 Å². The molecule has 0 aliphatic heterocycles. The van der Waals surface area contributed by atoms with Crippen LogP contribution in [-0.2, 0) is 14.8 Å². The third-order valence-corrected chi connectivity index (χ3v) is 5.50. The van der Waals surface area contributed by atoms with Crippen molar-refractivity contribution < 1.29 is 22.9 Å². The lowest BCUT2D eigenvalue weighted by atomic mass is 10.1. The van der Waals surface area contributed by atoms with Crippen LogP contribution in [0, 0.1) is 30.9 Å². The zero-order chi connectivity index (χ0) is 22.5. The number of hydrogen-bond donors (Lipinski definition) is 1. The van der Waals surface area contributed by atoms with Gasteiger partial charge in [0.15, 0.2) is 0 Å². The molecule has 0 bridgehead atoms. The van der Waals surface area contributed by atoms with Crippen molar-refractivity contribution in [3.05, 3.63) is 63.2 Å². The number of anilines is 1. The predicted octanol–water partition coefficient (Wildman–Crippen LogP) is 2.48. The number of non-ortho nitro benzene ring substituents is 1. The van der Waals surface area contributed by atoms with E-state index in [0.29, 0.717) is 11.3 Å². The molecule has 0 fully saturated rings. The van der Waals surface area contributed by atoms with E-state index in [9.17, 15) is 23.3 Å². The van der Waals surface area contributed by atoms with Gasteiger partial charge in [-0.3, -0.25) is 19.2 Å². The molecule has 0 aliphatic carbocycles. The van der Waals surface area contributed by atoms with Gasteiger partial charge < -0.3 is 10.1 Å². The highest BCUT2D eigenvalue weighted by molar-refractivity contribution is 7.92. The minimum absolute atomic E-state index is 0.0911. The van der Waals surface area contributed by atoms with E-state index in [-0.39, 0.29) is 24.5 Å². The number of ether oxygens (including phenoxy) is 1. The Kier molecular flexibility index (Phi) is 7.38. The Bertz CT molecular complexity index is 1050. The lowest BCUT2D eigenvalue weighted by Gasteiger charge is -2.23. The molecule has 0 radical (unpaired) electrons. The molecule has 0 aliphatic rings. The summed E-state index contributed by atoms with van der Waals surface area (Å²) in [6.07, 6.45) is 0.946. The van der Waals surface area contributed by atoms with E-state index < -0.39 is 27.4 Å². The standard InChI is InChI=1S/C20H25N3O6S/c1-14-5-8-19(16(3)11-14)29-10-9-21-20(24)13-22(30(4,27)28)18-12-17(23(25)26)7-6-15(18)2/h5-8,11-12H,9-10,13H2,1-4H3,(H,21,24). The Hall–Kier alpha value is -3.14. The monoisotopic (exact) mass is 435 g/mol. The van der Waals surface area contributed by atoms with Crippen molar-refractivity contribution in [2.24, 2.45) is 0 Å². The largest absolute Gasteiger partial charge is 0.491 e. The van der Waals surface area contributed by atoms with E-state index in [1.54, 1.807) is 6.92 Å². The summed E-state index contributed by atoms with van der Waals surface area (Å²) in [6.45, 7) is 5.42. The van der Waals surface area contributed by atoms with Crippen LogP contribution in [-0.4, -0.2) is 45.2 Å². The van der Waals surface area contributed by atoms with Crippen LogP contribution < -0.4 is 14.4 Å². The SMILES string of the molecule is Cc1ccc(OCCNC(=O)CN(c2cc([N+](=O)[O-])ccc2C)S(C)(=O)=O)c(C)c1. The molecule has 30 heavy (non-hydrogen) atoms. The minimum Gasteiger partial charge on any atom is -0.491 e. The zero-order valence-corrected chi connectivity index (χ0v) is 18.2. The highest BCUT2D eigenvalue weighted by atomic mass is 32.2. The summed E-state index contributed by atoms with van der Waals surface area (Å²) in [4.78, 5) is 22.7. The van der Waals surface area contributed by atoms with Crippen LogP contribution in [0.15, 0.2) is 36.4 Å². The second-order valence-corrected chi connectivity index (χ2v) is 8.87. The topological polar surface area (TPSA) is 119 Å². The zero-order valence-electron chi connectivity index (χ0n) is 17.3. The van der Waals surface area contributed by atoms with E-state index in [1.165, 1.54) is 12.1 Å². The summed E-state index contributed by atoms with van der Waals surface area (Å²) in [5.41, 5.74) is 2.42. The summed E-state index contributed by atoms with van der Waals surface area (Å²) in [7, 11) is -3.84.